The van der Waals surface area contributed by atoms with Gasteiger partial charge in [-0.3, -0.25) is 9.59 Å². The first-order chi connectivity index (χ1) is 13.3. The average Bonchev–Trinajstić information content (AvgIpc) is 2.68. The van der Waals surface area contributed by atoms with Crippen LogP contribution in [0.2, 0.25) is 10.0 Å². The Morgan fingerprint density at radius 1 is 1.14 bits per heavy atom. The van der Waals surface area contributed by atoms with Crippen molar-refractivity contribution in [3.8, 4) is 11.5 Å². The van der Waals surface area contributed by atoms with E-state index in [1.165, 1.54) is 26.3 Å². The molecule has 1 aromatic heterocycles. The maximum Gasteiger partial charge on any atom is 0.306 e. The Morgan fingerprint density at radius 3 is 2.50 bits per heavy atom. The molecule has 9 heteroatoms. The summed E-state index contributed by atoms with van der Waals surface area (Å²) in [5.74, 6) is 0.273. The van der Waals surface area contributed by atoms with Crippen LogP contribution in [0, 0.1) is 0 Å². The Hall–Kier alpha value is -2.51. The lowest BCUT2D eigenvalue weighted by atomic mass is 10.1. The molecule has 28 heavy (non-hydrogen) atoms. The molecule has 7 nitrogen and oxygen atoms in total. The van der Waals surface area contributed by atoms with Gasteiger partial charge < -0.3 is 19.5 Å². The monoisotopic (exact) mass is 426 g/mol. The van der Waals surface area contributed by atoms with Crippen LogP contribution >= 0.6 is 23.2 Å². The number of halogens is 2. The van der Waals surface area contributed by atoms with Gasteiger partial charge in [-0.05, 0) is 37.1 Å². The molecule has 1 unspecified atom stereocenters. The highest BCUT2D eigenvalue weighted by molar-refractivity contribution is 6.36. The third kappa shape index (κ3) is 6.00. The number of nitrogens with zero attached hydrogens (tertiary/aromatic N) is 1. The molecule has 0 aliphatic rings. The molecule has 150 valence electrons. The van der Waals surface area contributed by atoms with Crippen LogP contribution in [0.25, 0.3) is 0 Å². The highest BCUT2D eigenvalue weighted by Crippen LogP contribution is 2.28. The summed E-state index contributed by atoms with van der Waals surface area (Å²) in [5, 5.41) is 3.03. The molecular weight excluding hydrogens is 407 g/mol. The van der Waals surface area contributed by atoms with E-state index in [4.69, 9.17) is 37.4 Å². The number of hydrogen-bond donors (Lipinski definition) is 1. The van der Waals surface area contributed by atoms with E-state index in [1.807, 2.05) is 6.07 Å². The van der Waals surface area contributed by atoms with E-state index in [-0.39, 0.29) is 17.3 Å². The second-order valence-corrected chi connectivity index (χ2v) is 6.64. The number of carbonyl (C=O) groups excluding carboxylic acids is 2. The van der Waals surface area contributed by atoms with Gasteiger partial charge in [0.05, 0.1) is 24.3 Å². The van der Waals surface area contributed by atoms with Gasteiger partial charge in [0.15, 0.2) is 23.4 Å². The van der Waals surface area contributed by atoms with Crippen molar-refractivity contribution in [2.75, 3.05) is 19.5 Å². The van der Waals surface area contributed by atoms with Crippen LogP contribution in [0.15, 0.2) is 30.5 Å². The molecule has 2 rings (SSSR count). The van der Waals surface area contributed by atoms with Crippen LogP contribution in [-0.4, -0.2) is 37.2 Å². The zero-order chi connectivity index (χ0) is 20.7. The van der Waals surface area contributed by atoms with Gasteiger partial charge in [-0.2, -0.15) is 0 Å². The Morgan fingerprint density at radius 2 is 1.86 bits per heavy atom. The molecule has 1 N–H and O–H groups in total. The average molecular weight is 427 g/mol. The second kappa shape index (κ2) is 10.1. The molecule has 0 radical (unpaired) electrons. The summed E-state index contributed by atoms with van der Waals surface area (Å²) in [5.41, 5.74) is 0.879. The van der Waals surface area contributed by atoms with Crippen LogP contribution in [0.3, 0.4) is 0 Å². The first-order valence-corrected chi connectivity index (χ1v) is 9.12. The Balaban J connectivity index is 1.87. The summed E-state index contributed by atoms with van der Waals surface area (Å²) in [7, 11) is 3.09. The van der Waals surface area contributed by atoms with Gasteiger partial charge in [0.1, 0.15) is 0 Å². The third-order valence-electron chi connectivity index (χ3n) is 3.79. The van der Waals surface area contributed by atoms with Crippen LogP contribution in [-0.2, 0) is 20.7 Å². The summed E-state index contributed by atoms with van der Waals surface area (Å²) in [4.78, 5) is 28.1. The summed E-state index contributed by atoms with van der Waals surface area (Å²) in [6.45, 7) is 1.47. The fraction of sp³-hybridized carbons (Fsp3) is 0.316. The van der Waals surface area contributed by atoms with Gasteiger partial charge in [-0.15, -0.1) is 0 Å². The van der Waals surface area contributed by atoms with Crippen LogP contribution < -0.4 is 14.8 Å². The van der Waals surface area contributed by atoms with Gasteiger partial charge in [0, 0.05) is 12.6 Å². The minimum absolute atomic E-state index is 0.104. The van der Waals surface area contributed by atoms with Gasteiger partial charge in [-0.1, -0.05) is 29.3 Å². The van der Waals surface area contributed by atoms with Crippen LogP contribution in [0.1, 0.15) is 18.9 Å². The smallest absolute Gasteiger partial charge is 0.306 e. The summed E-state index contributed by atoms with van der Waals surface area (Å²) < 4.78 is 15.6. The van der Waals surface area contributed by atoms with Crippen molar-refractivity contribution in [3.63, 3.8) is 0 Å². The minimum Gasteiger partial charge on any atom is -0.493 e. The van der Waals surface area contributed by atoms with Crippen molar-refractivity contribution in [2.24, 2.45) is 0 Å². The van der Waals surface area contributed by atoms with Crippen molar-refractivity contribution in [3.05, 3.63) is 46.1 Å². The van der Waals surface area contributed by atoms with Crippen molar-refractivity contribution in [1.82, 2.24) is 4.98 Å². The zero-order valence-electron chi connectivity index (χ0n) is 15.6. The van der Waals surface area contributed by atoms with Crippen molar-refractivity contribution in [2.45, 2.75) is 25.9 Å². The lowest BCUT2D eigenvalue weighted by Gasteiger charge is -2.14. The molecule has 0 bridgehead atoms. The third-order valence-corrected chi connectivity index (χ3v) is 4.29. The molecule has 0 saturated heterocycles. The van der Waals surface area contributed by atoms with Gasteiger partial charge in [-0.25, -0.2) is 4.98 Å². The SMILES string of the molecule is COc1ccc(CCC(=O)OC(C)C(=O)Nc2ncc(Cl)cc2Cl)cc1OC. The molecule has 0 spiro atoms. The minimum atomic E-state index is -1.01. The number of esters is 1. The predicted molar refractivity (Wildman–Crippen MR) is 106 cm³/mol. The van der Waals surface area contributed by atoms with Crippen LogP contribution in [0.4, 0.5) is 5.82 Å². The number of rotatable bonds is 8. The normalized spacial score (nSPS) is 11.5. The lowest BCUT2D eigenvalue weighted by molar-refractivity contribution is -0.153. The molecule has 0 aliphatic heterocycles. The topological polar surface area (TPSA) is 86.8 Å². The first-order valence-electron chi connectivity index (χ1n) is 8.36. The molecule has 0 fully saturated rings. The number of methoxy groups -OCH3 is 2. The quantitative estimate of drug-likeness (QED) is 0.643. The Bertz CT molecular complexity index is 860. The molecule has 0 saturated carbocycles. The van der Waals surface area contributed by atoms with Crippen molar-refractivity contribution in [1.29, 1.82) is 0 Å². The number of benzene rings is 1. The molecule has 1 heterocycles. The van der Waals surface area contributed by atoms with E-state index in [2.05, 4.69) is 10.3 Å². The number of hydrogen-bond acceptors (Lipinski definition) is 6. The molecule has 0 aliphatic carbocycles. The first kappa shape index (κ1) is 21.8. The number of ether oxygens (including phenoxy) is 3. The van der Waals surface area contributed by atoms with Crippen molar-refractivity contribution >= 4 is 40.9 Å². The summed E-state index contributed by atoms with van der Waals surface area (Å²) in [6, 6.07) is 6.83. The molecule has 1 amide bonds. The molecule has 2 aromatic rings. The number of carbonyl (C=O) groups is 2. The highest BCUT2D eigenvalue weighted by atomic mass is 35.5. The van der Waals surface area contributed by atoms with E-state index in [0.717, 1.165) is 5.56 Å². The van der Waals surface area contributed by atoms with E-state index < -0.39 is 18.0 Å². The van der Waals surface area contributed by atoms with E-state index in [9.17, 15) is 9.59 Å². The van der Waals surface area contributed by atoms with Gasteiger partial charge >= 0.3 is 5.97 Å². The summed E-state index contributed by atoms with van der Waals surface area (Å²) in [6.07, 6.45) is 0.875. The molecule has 1 aromatic carbocycles. The summed E-state index contributed by atoms with van der Waals surface area (Å²) >= 11 is 11.7. The Labute approximate surface area is 172 Å². The zero-order valence-corrected chi connectivity index (χ0v) is 17.1. The van der Waals surface area contributed by atoms with Crippen molar-refractivity contribution < 1.29 is 23.8 Å². The fourth-order valence-electron chi connectivity index (χ4n) is 2.32. The number of aromatic nitrogens is 1. The van der Waals surface area contributed by atoms with E-state index in [1.54, 1.807) is 19.2 Å². The van der Waals surface area contributed by atoms with Crippen LogP contribution in [0.5, 0.6) is 11.5 Å². The highest BCUT2D eigenvalue weighted by Gasteiger charge is 2.19. The number of amides is 1. The standard InChI is InChI=1S/C19H20Cl2N2O5/c1-11(19(25)23-18-14(21)9-13(20)10-22-18)28-17(24)7-5-12-4-6-15(26-2)16(8-12)27-3/h4,6,8-11H,5,7H2,1-3H3,(H,22,23,25). The number of pyridine rings is 1. The fourth-order valence-corrected chi connectivity index (χ4v) is 2.74. The number of nitrogens with one attached hydrogen (secondary N) is 1. The van der Waals surface area contributed by atoms with E-state index >= 15 is 0 Å². The van der Waals surface area contributed by atoms with E-state index in [0.29, 0.717) is 22.9 Å². The van der Waals surface area contributed by atoms with Gasteiger partial charge in [0.2, 0.25) is 0 Å². The molecule has 1 atom stereocenters. The largest absolute Gasteiger partial charge is 0.493 e. The number of aryl methyl sites for hydroxylation is 1. The lowest BCUT2D eigenvalue weighted by Crippen LogP contribution is -2.30. The Kier molecular flexibility index (Phi) is 7.90. The molecular formula is C19H20Cl2N2O5. The number of anilines is 1. The maximum atomic E-state index is 12.2. The predicted octanol–water partition coefficient (Wildman–Crippen LogP) is 3.91. The van der Waals surface area contributed by atoms with Gasteiger partial charge in [0.25, 0.3) is 5.91 Å². The second-order valence-electron chi connectivity index (χ2n) is 5.79. The maximum absolute atomic E-state index is 12.2.